The Kier molecular flexibility index (Phi) is 4.20. The van der Waals surface area contributed by atoms with Crippen molar-refractivity contribution in [3.63, 3.8) is 0 Å². The minimum atomic E-state index is 0.559. The summed E-state index contributed by atoms with van der Waals surface area (Å²) in [5.74, 6) is 0.559. The van der Waals surface area contributed by atoms with Gasteiger partial charge in [-0.2, -0.15) is 0 Å². The Balaban J connectivity index is 1.74. The molecule has 0 aliphatic heterocycles. The molecule has 27 heavy (non-hydrogen) atoms. The van der Waals surface area contributed by atoms with Crippen molar-refractivity contribution in [1.29, 1.82) is 0 Å². The molecule has 2 aromatic heterocycles. The highest BCUT2D eigenvalue weighted by Gasteiger charge is 2.09. The maximum absolute atomic E-state index is 5.98. The molecule has 134 valence electrons. The number of nitrogens with zero attached hydrogens (tertiary/aromatic N) is 3. The molecule has 0 fully saturated rings. The molecule has 0 saturated heterocycles. The van der Waals surface area contributed by atoms with Gasteiger partial charge in [0.15, 0.2) is 0 Å². The lowest BCUT2D eigenvalue weighted by atomic mass is 9.97. The lowest BCUT2D eigenvalue weighted by Crippen LogP contribution is -1.99. The first-order valence-corrected chi connectivity index (χ1v) is 8.83. The lowest BCUT2D eigenvalue weighted by molar-refractivity contribution is 1.17. The molecule has 0 radical (unpaired) electrons. The topological polar surface area (TPSA) is 76.7 Å². The SMILES string of the molecule is Cc1ccc(Nc2ncc3cc(-c4cc(N)ccc4C)cc(C)c3n2)cn1. The number of aromatic nitrogens is 3. The van der Waals surface area contributed by atoms with Gasteiger partial charge in [-0.25, -0.2) is 9.97 Å². The first-order chi connectivity index (χ1) is 13.0. The second kappa shape index (κ2) is 6.68. The van der Waals surface area contributed by atoms with Crippen molar-refractivity contribution < 1.29 is 0 Å². The molecule has 0 unspecified atom stereocenters. The Hall–Kier alpha value is -3.47. The number of nitrogens with one attached hydrogen (secondary N) is 1. The van der Waals surface area contributed by atoms with Gasteiger partial charge < -0.3 is 11.1 Å². The number of hydrogen-bond acceptors (Lipinski definition) is 5. The molecule has 4 aromatic rings. The molecule has 0 amide bonds. The van der Waals surface area contributed by atoms with E-state index in [0.717, 1.165) is 44.7 Å². The Morgan fingerprint density at radius 3 is 2.48 bits per heavy atom. The van der Waals surface area contributed by atoms with Gasteiger partial charge in [-0.15, -0.1) is 0 Å². The molecule has 0 aliphatic carbocycles. The predicted molar refractivity (Wildman–Crippen MR) is 111 cm³/mol. The first kappa shape index (κ1) is 17.0. The van der Waals surface area contributed by atoms with E-state index in [0.29, 0.717) is 5.95 Å². The fraction of sp³-hybridized carbons (Fsp3) is 0.136. The van der Waals surface area contributed by atoms with Crippen LogP contribution in [0.5, 0.6) is 0 Å². The third-order valence-electron chi connectivity index (χ3n) is 4.61. The van der Waals surface area contributed by atoms with Gasteiger partial charge in [-0.05, 0) is 79.4 Å². The summed E-state index contributed by atoms with van der Waals surface area (Å²) < 4.78 is 0. The van der Waals surface area contributed by atoms with Crippen LogP contribution in [-0.2, 0) is 0 Å². The fourth-order valence-electron chi connectivity index (χ4n) is 3.16. The third-order valence-corrected chi connectivity index (χ3v) is 4.61. The van der Waals surface area contributed by atoms with Crippen LogP contribution >= 0.6 is 0 Å². The van der Waals surface area contributed by atoms with Crippen LogP contribution in [0, 0.1) is 20.8 Å². The summed E-state index contributed by atoms with van der Waals surface area (Å²) in [4.78, 5) is 13.4. The smallest absolute Gasteiger partial charge is 0.227 e. The maximum Gasteiger partial charge on any atom is 0.227 e. The summed E-state index contributed by atoms with van der Waals surface area (Å²) in [6, 6.07) is 14.2. The first-order valence-electron chi connectivity index (χ1n) is 8.83. The Morgan fingerprint density at radius 2 is 1.70 bits per heavy atom. The molecule has 0 aliphatic rings. The van der Waals surface area contributed by atoms with E-state index in [-0.39, 0.29) is 0 Å². The number of aryl methyl sites for hydroxylation is 3. The van der Waals surface area contributed by atoms with E-state index < -0.39 is 0 Å². The fourth-order valence-corrected chi connectivity index (χ4v) is 3.16. The van der Waals surface area contributed by atoms with E-state index in [9.17, 15) is 0 Å². The standard InChI is InChI=1S/C22H21N5/c1-13-4-6-18(23)10-20(13)16-8-14(2)21-17(9-16)11-25-22(27-21)26-19-7-5-15(3)24-12-19/h4-12H,23H2,1-3H3,(H,25,26,27). The molecule has 0 spiro atoms. The van der Waals surface area contributed by atoms with Crippen molar-refractivity contribution >= 4 is 28.2 Å². The zero-order valence-electron chi connectivity index (χ0n) is 15.6. The number of pyridine rings is 1. The van der Waals surface area contributed by atoms with Crippen LogP contribution in [0.25, 0.3) is 22.0 Å². The van der Waals surface area contributed by atoms with Gasteiger partial charge >= 0.3 is 0 Å². The summed E-state index contributed by atoms with van der Waals surface area (Å²) in [5, 5.41) is 4.21. The van der Waals surface area contributed by atoms with Crippen LogP contribution in [0.2, 0.25) is 0 Å². The van der Waals surface area contributed by atoms with Gasteiger partial charge in [0, 0.05) is 23.0 Å². The number of hydrogen-bond donors (Lipinski definition) is 2. The molecule has 5 heteroatoms. The second-order valence-corrected chi connectivity index (χ2v) is 6.81. The summed E-state index contributed by atoms with van der Waals surface area (Å²) >= 11 is 0. The Labute approximate surface area is 158 Å². The van der Waals surface area contributed by atoms with Crippen LogP contribution in [-0.4, -0.2) is 15.0 Å². The number of rotatable bonds is 3. The zero-order chi connectivity index (χ0) is 19.0. The molecular formula is C22H21N5. The monoisotopic (exact) mass is 355 g/mol. The highest BCUT2D eigenvalue weighted by Crippen LogP contribution is 2.30. The Morgan fingerprint density at radius 1 is 0.852 bits per heavy atom. The molecule has 0 saturated carbocycles. The number of anilines is 3. The molecule has 0 bridgehead atoms. The summed E-state index contributed by atoms with van der Waals surface area (Å²) in [6.07, 6.45) is 3.63. The van der Waals surface area contributed by atoms with Crippen molar-refractivity contribution in [1.82, 2.24) is 15.0 Å². The maximum atomic E-state index is 5.98. The van der Waals surface area contributed by atoms with Crippen molar-refractivity contribution in [3.05, 3.63) is 71.7 Å². The van der Waals surface area contributed by atoms with E-state index in [2.05, 4.69) is 41.3 Å². The lowest BCUT2D eigenvalue weighted by Gasteiger charge is -2.11. The van der Waals surface area contributed by atoms with Crippen molar-refractivity contribution in [2.45, 2.75) is 20.8 Å². The van der Waals surface area contributed by atoms with Gasteiger partial charge in [0.05, 0.1) is 17.4 Å². The Bertz CT molecular complexity index is 1130. The van der Waals surface area contributed by atoms with E-state index in [1.54, 1.807) is 6.20 Å². The molecular weight excluding hydrogens is 334 g/mol. The molecule has 3 N–H and O–H groups in total. The quantitative estimate of drug-likeness (QED) is 0.509. The van der Waals surface area contributed by atoms with E-state index in [1.807, 2.05) is 43.5 Å². The van der Waals surface area contributed by atoms with E-state index in [4.69, 9.17) is 10.7 Å². The van der Waals surface area contributed by atoms with Gasteiger partial charge in [-0.3, -0.25) is 4.98 Å². The van der Waals surface area contributed by atoms with Gasteiger partial charge in [0.25, 0.3) is 0 Å². The minimum absolute atomic E-state index is 0.559. The van der Waals surface area contributed by atoms with Crippen LogP contribution in [0.15, 0.2) is 54.9 Å². The van der Waals surface area contributed by atoms with Crippen LogP contribution < -0.4 is 11.1 Å². The average molecular weight is 355 g/mol. The second-order valence-electron chi connectivity index (χ2n) is 6.81. The predicted octanol–water partition coefficient (Wildman–Crippen LogP) is 4.94. The molecule has 2 aromatic carbocycles. The number of fused-ring (bicyclic) bond motifs is 1. The molecule has 2 heterocycles. The number of benzene rings is 2. The molecule has 0 atom stereocenters. The largest absolute Gasteiger partial charge is 0.399 e. The van der Waals surface area contributed by atoms with Crippen molar-refractivity contribution in [2.24, 2.45) is 0 Å². The number of nitrogen functional groups attached to an aromatic ring is 1. The minimum Gasteiger partial charge on any atom is -0.399 e. The number of nitrogens with two attached hydrogens (primary N) is 1. The zero-order valence-corrected chi connectivity index (χ0v) is 15.6. The van der Waals surface area contributed by atoms with Gasteiger partial charge in [0.2, 0.25) is 5.95 Å². The molecule has 5 nitrogen and oxygen atoms in total. The average Bonchev–Trinajstić information content (AvgIpc) is 2.66. The van der Waals surface area contributed by atoms with Gasteiger partial charge in [0.1, 0.15) is 0 Å². The van der Waals surface area contributed by atoms with E-state index >= 15 is 0 Å². The highest BCUT2D eigenvalue weighted by atomic mass is 15.1. The summed E-state index contributed by atoms with van der Waals surface area (Å²) in [7, 11) is 0. The third kappa shape index (κ3) is 3.44. The molecule has 4 rings (SSSR count). The highest BCUT2D eigenvalue weighted by molar-refractivity contribution is 5.88. The van der Waals surface area contributed by atoms with Crippen LogP contribution in [0.1, 0.15) is 16.8 Å². The van der Waals surface area contributed by atoms with Crippen LogP contribution in [0.3, 0.4) is 0 Å². The summed E-state index contributed by atoms with van der Waals surface area (Å²) in [6.45, 7) is 6.12. The van der Waals surface area contributed by atoms with Crippen LogP contribution in [0.4, 0.5) is 17.3 Å². The summed E-state index contributed by atoms with van der Waals surface area (Å²) in [5.41, 5.74) is 14.0. The van der Waals surface area contributed by atoms with Crippen molar-refractivity contribution in [3.8, 4) is 11.1 Å². The normalized spacial score (nSPS) is 10.9. The van der Waals surface area contributed by atoms with Gasteiger partial charge in [-0.1, -0.05) is 6.07 Å². The van der Waals surface area contributed by atoms with Crippen molar-refractivity contribution in [2.75, 3.05) is 11.1 Å². The van der Waals surface area contributed by atoms with E-state index in [1.165, 1.54) is 5.56 Å².